The van der Waals surface area contributed by atoms with Crippen LogP contribution in [0, 0.1) is 5.92 Å². The van der Waals surface area contributed by atoms with E-state index in [0.717, 1.165) is 12.8 Å². The lowest BCUT2D eigenvalue weighted by Gasteiger charge is -2.36. The van der Waals surface area contributed by atoms with Crippen molar-refractivity contribution < 1.29 is 22.7 Å². The van der Waals surface area contributed by atoms with E-state index in [-0.39, 0.29) is 31.3 Å². The molecule has 7 heteroatoms. The topological polar surface area (TPSA) is 41.6 Å². The van der Waals surface area contributed by atoms with Crippen LogP contribution in [0.15, 0.2) is 0 Å². The zero-order chi connectivity index (χ0) is 14.8. The Morgan fingerprint density at radius 1 is 1.20 bits per heavy atom. The fourth-order valence-electron chi connectivity index (χ4n) is 2.84. The molecule has 2 atom stereocenters. The van der Waals surface area contributed by atoms with Crippen LogP contribution in [0.5, 0.6) is 0 Å². The molecule has 2 aliphatic rings. The first kappa shape index (κ1) is 15.6. The second-order valence-electron chi connectivity index (χ2n) is 5.57. The van der Waals surface area contributed by atoms with Crippen LogP contribution in [0.1, 0.15) is 25.7 Å². The number of carbonyl (C=O) groups is 1. The van der Waals surface area contributed by atoms with E-state index in [9.17, 15) is 18.0 Å². The molecule has 0 spiro atoms. The first-order chi connectivity index (χ1) is 9.39. The number of alkyl halides is 3. The molecule has 0 aromatic carbocycles. The van der Waals surface area contributed by atoms with Crippen LogP contribution in [0.4, 0.5) is 13.2 Å². The second kappa shape index (κ2) is 6.30. The van der Waals surface area contributed by atoms with Gasteiger partial charge >= 0.3 is 6.18 Å². The van der Waals surface area contributed by atoms with Crippen LogP contribution < -0.4 is 5.32 Å². The third-order valence-corrected chi connectivity index (χ3v) is 4.26. The van der Waals surface area contributed by atoms with Crippen molar-refractivity contribution in [1.29, 1.82) is 0 Å². The third-order valence-electron chi connectivity index (χ3n) is 4.26. The number of carbonyl (C=O) groups excluding carboxylic acids is 1. The number of ether oxygens (including phenoxy) is 1. The molecule has 0 radical (unpaired) electrons. The fraction of sp³-hybridized carbons (Fsp3) is 0.923. The molecule has 2 rings (SSSR count). The van der Waals surface area contributed by atoms with Crippen molar-refractivity contribution in [2.24, 2.45) is 5.92 Å². The lowest BCUT2D eigenvalue weighted by molar-refractivity contribution is -0.181. The molecule has 4 nitrogen and oxygen atoms in total. The summed E-state index contributed by atoms with van der Waals surface area (Å²) in [5.74, 6) is -1.43. The Morgan fingerprint density at radius 3 is 2.35 bits per heavy atom. The zero-order valence-corrected chi connectivity index (χ0v) is 11.6. The predicted molar refractivity (Wildman–Crippen MR) is 67.2 cm³/mol. The minimum Gasteiger partial charge on any atom is -0.381 e. The second-order valence-corrected chi connectivity index (χ2v) is 5.57. The van der Waals surface area contributed by atoms with Gasteiger partial charge in [-0.25, -0.2) is 0 Å². The molecule has 2 fully saturated rings. The van der Waals surface area contributed by atoms with Crippen molar-refractivity contribution in [3.63, 3.8) is 0 Å². The smallest absolute Gasteiger partial charge is 0.381 e. The molecule has 0 saturated carbocycles. The average Bonchev–Trinajstić information content (AvgIpc) is 2.46. The van der Waals surface area contributed by atoms with Gasteiger partial charge in [-0.05, 0) is 25.7 Å². The Bertz CT molecular complexity index is 335. The number of nitrogens with one attached hydrogen (secondary N) is 1. The molecule has 0 aromatic heterocycles. The Morgan fingerprint density at radius 2 is 1.85 bits per heavy atom. The highest BCUT2D eigenvalue weighted by Crippen LogP contribution is 2.32. The van der Waals surface area contributed by atoms with Gasteiger partial charge in [-0.1, -0.05) is 0 Å². The van der Waals surface area contributed by atoms with Crippen LogP contribution in [0.3, 0.4) is 0 Å². The van der Waals surface area contributed by atoms with E-state index in [1.54, 1.807) is 11.9 Å². The van der Waals surface area contributed by atoms with Gasteiger partial charge in [-0.15, -0.1) is 0 Å². The SMILES string of the molecule is CN(C(=O)C1CCC(C(F)(F)F)CN1)C1CCOCC1. The Hall–Kier alpha value is -0.820. The summed E-state index contributed by atoms with van der Waals surface area (Å²) in [5.41, 5.74) is 0. The van der Waals surface area contributed by atoms with Gasteiger partial charge in [0.05, 0.1) is 12.0 Å². The van der Waals surface area contributed by atoms with Crippen molar-refractivity contribution >= 4 is 5.91 Å². The van der Waals surface area contributed by atoms with E-state index >= 15 is 0 Å². The van der Waals surface area contributed by atoms with E-state index in [4.69, 9.17) is 4.74 Å². The fourth-order valence-corrected chi connectivity index (χ4v) is 2.84. The molecule has 2 saturated heterocycles. The normalized spacial score (nSPS) is 29.2. The number of nitrogens with zero attached hydrogens (tertiary/aromatic N) is 1. The summed E-state index contributed by atoms with van der Waals surface area (Å²) < 4.78 is 43.0. The first-order valence-corrected chi connectivity index (χ1v) is 7.04. The molecule has 116 valence electrons. The van der Waals surface area contributed by atoms with Gasteiger partial charge in [0, 0.05) is 32.8 Å². The molecule has 2 unspecified atom stereocenters. The lowest BCUT2D eigenvalue weighted by atomic mass is 9.93. The monoisotopic (exact) mass is 294 g/mol. The van der Waals surface area contributed by atoms with Crippen LogP contribution in [0.25, 0.3) is 0 Å². The summed E-state index contributed by atoms with van der Waals surface area (Å²) in [5, 5.41) is 2.75. The van der Waals surface area contributed by atoms with Crippen LogP contribution in [0.2, 0.25) is 0 Å². The summed E-state index contributed by atoms with van der Waals surface area (Å²) in [6.07, 6.45) is -2.32. The van der Waals surface area contributed by atoms with E-state index in [0.29, 0.717) is 13.2 Å². The van der Waals surface area contributed by atoms with E-state index in [2.05, 4.69) is 5.32 Å². The maximum atomic E-state index is 12.6. The minimum absolute atomic E-state index is 0.0223. The van der Waals surface area contributed by atoms with Gasteiger partial charge in [-0.2, -0.15) is 13.2 Å². The van der Waals surface area contributed by atoms with E-state index < -0.39 is 18.1 Å². The summed E-state index contributed by atoms with van der Waals surface area (Å²) >= 11 is 0. The van der Waals surface area contributed by atoms with E-state index in [1.165, 1.54) is 0 Å². The van der Waals surface area contributed by atoms with Gasteiger partial charge in [0.1, 0.15) is 0 Å². The predicted octanol–water partition coefficient (Wildman–Crippen LogP) is 1.55. The Balaban J connectivity index is 1.85. The van der Waals surface area contributed by atoms with Crippen molar-refractivity contribution in [2.75, 3.05) is 26.8 Å². The van der Waals surface area contributed by atoms with Crippen LogP contribution in [-0.4, -0.2) is 55.9 Å². The van der Waals surface area contributed by atoms with Crippen LogP contribution in [-0.2, 0) is 9.53 Å². The van der Waals surface area contributed by atoms with Gasteiger partial charge in [0.2, 0.25) is 5.91 Å². The van der Waals surface area contributed by atoms with Gasteiger partial charge in [-0.3, -0.25) is 4.79 Å². The number of likely N-dealkylation sites (N-methyl/N-ethyl adjacent to an activating group) is 1. The Labute approximate surface area is 116 Å². The van der Waals surface area contributed by atoms with Crippen molar-refractivity contribution in [3.05, 3.63) is 0 Å². The molecule has 20 heavy (non-hydrogen) atoms. The molecule has 1 N–H and O–H groups in total. The molecule has 0 aromatic rings. The average molecular weight is 294 g/mol. The standard InChI is InChI=1S/C13H21F3N2O2/c1-18(10-4-6-20-7-5-10)12(19)11-3-2-9(8-17-11)13(14,15)16/h9-11,17H,2-8H2,1H3. The van der Waals surface area contributed by atoms with Crippen LogP contribution >= 0.6 is 0 Å². The summed E-state index contributed by atoms with van der Waals surface area (Å²) in [6.45, 7) is 1.11. The zero-order valence-electron chi connectivity index (χ0n) is 11.6. The quantitative estimate of drug-likeness (QED) is 0.840. The summed E-state index contributed by atoms with van der Waals surface area (Å²) in [6, 6.07) is -0.347. The van der Waals surface area contributed by atoms with Crippen molar-refractivity contribution in [1.82, 2.24) is 10.2 Å². The molecular weight excluding hydrogens is 273 g/mol. The molecule has 1 amide bonds. The highest BCUT2D eigenvalue weighted by Gasteiger charge is 2.43. The van der Waals surface area contributed by atoms with Crippen molar-refractivity contribution in [3.8, 4) is 0 Å². The van der Waals surface area contributed by atoms with Gasteiger partial charge < -0.3 is 15.0 Å². The van der Waals surface area contributed by atoms with E-state index in [1.807, 2.05) is 0 Å². The lowest BCUT2D eigenvalue weighted by Crippen LogP contribution is -2.54. The number of hydrogen-bond donors (Lipinski definition) is 1. The minimum atomic E-state index is -4.17. The number of hydrogen-bond acceptors (Lipinski definition) is 3. The summed E-state index contributed by atoms with van der Waals surface area (Å²) in [4.78, 5) is 14.0. The molecule has 0 aliphatic carbocycles. The number of amides is 1. The number of piperidine rings is 1. The first-order valence-electron chi connectivity index (χ1n) is 7.04. The largest absolute Gasteiger partial charge is 0.393 e. The molecule has 2 aliphatic heterocycles. The van der Waals surface area contributed by atoms with Gasteiger partial charge in [0.15, 0.2) is 0 Å². The number of halogens is 3. The third kappa shape index (κ3) is 3.63. The van der Waals surface area contributed by atoms with Crippen molar-refractivity contribution in [2.45, 2.75) is 43.9 Å². The maximum Gasteiger partial charge on any atom is 0.393 e. The molecule has 2 heterocycles. The maximum absolute atomic E-state index is 12.6. The number of rotatable bonds is 2. The van der Waals surface area contributed by atoms with Gasteiger partial charge in [0.25, 0.3) is 0 Å². The highest BCUT2D eigenvalue weighted by atomic mass is 19.4. The Kier molecular flexibility index (Phi) is 4.90. The highest BCUT2D eigenvalue weighted by molar-refractivity contribution is 5.82. The molecule has 0 bridgehead atoms. The summed E-state index contributed by atoms with van der Waals surface area (Å²) in [7, 11) is 1.73. The molecular formula is C13H21F3N2O2.